The molecule has 1 aromatic rings. The summed E-state index contributed by atoms with van der Waals surface area (Å²) in [7, 11) is 0. The molecule has 2 fully saturated rings. The Hall–Kier alpha value is -0.940. The van der Waals surface area contributed by atoms with Crippen LogP contribution in [0.15, 0.2) is 30.3 Å². The van der Waals surface area contributed by atoms with Crippen LogP contribution in [0.25, 0.3) is 0 Å². The van der Waals surface area contributed by atoms with Crippen molar-refractivity contribution in [2.24, 2.45) is 0 Å². The van der Waals surface area contributed by atoms with Crippen LogP contribution in [0, 0.1) is 0 Å². The van der Waals surface area contributed by atoms with Gasteiger partial charge in [0.1, 0.15) is 12.2 Å². The zero-order valence-corrected chi connectivity index (χ0v) is 12.4. The summed E-state index contributed by atoms with van der Waals surface area (Å²) < 4.78 is 17.9. The van der Waals surface area contributed by atoms with E-state index in [-0.39, 0.29) is 18.8 Å². The van der Waals surface area contributed by atoms with Crippen molar-refractivity contribution < 1.29 is 19.3 Å². The summed E-state index contributed by atoms with van der Waals surface area (Å²) in [6.45, 7) is 0.954. The Bertz CT molecular complexity index is 428. The van der Waals surface area contributed by atoms with E-state index in [1.165, 1.54) is 6.42 Å². The first-order valence-electron chi connectivity index (χ1n) is 7.89. The molecule has 1 aromatic carbocycles. The SMILES string of the molecule is OC[C@@H](OCc1ccccc1)[C@@H]1COC2(CCCCC2)O1. The highest BCUT2D eigenvalue weighted by atomic mass is 16.8. The van der Waals surface area contributed by atoms with Gasteiger partial charge in [-0.15, -0.1) is 0 Å². The molecule has 1 spiro atoms. The van der Waals surface area contributed by atoms with Crippen molar-refractivity contribution in [2.75, 3.05) is 13.2 Å². The molecule has 4 nitrogen and oxygen atoms in total. The van der Waals surface area contributed by atoms with E-state index in [4.69, 9.17) is 14.2 Å². The number of aliphatic hydroxyl groups excluding tert-OH is 1. The van der Waals surface area contributed by atoms with Crippen molar-refractivity contribution >= 4 is 0 Å². The molecule has 1 N–H and O–H groups in total. The fourth-order valence-electron chi connectivity index (χ4n) is 3.17. The van der Waals surface area contributed by atoms with E-state index in [9.17, 15) is 5.11 Å². The fourth-order valence-corrected chi connectivity index (χ4v) is 3.17. The van der Waals surface area contributed by atoms with Gasteiger partial charge in [-0.3, -0.25) is 0 Å². The van der Waals surface area contributed by atoms with Gasteiger partial charge in [0.25, 0.3) is 0 Å². The molecule has 1 saturated heterocycles. The summed E-state index contributed by atoms with van der Waals surface area (Å²) in [5, 5.41) is 9.59. The molecule has 21 heavy (non-hydrogen) atoms. The summed E-state index contributed by atoms with van der Waals surface area (Å²) in [5.41, 5.74) is 1.10. The highest BCUT2D eigenvalue weighted by Gasteiger charge is 2.44. The third-order valence-electron chi connectivity index (χ3n) is 4.39. The summed E-state index contributed by atoms with van der Waals surface area (Å²) in [6, 6.07) is 9.98. The van der Waals surface area contributed by atoms with Gasteiger partial charge in [-0.25, -0.2) is 0 Å². The van der Waals surface area contributed by atoms with Crippen LogP contribution in [0.4, 0.5) is 0 Å². The Morgan fingerprint density at radius 3 is 2.67 bits per heavy atom. The van der Waals surface area contributed by atoms with Crippen LogP contribution in [0.1, 0.15) is 37.7 Å². The van der Waals surface area contributed by atoms with E-state index >= 15 is 0 Å². The summed E-state index contributed by atoms with van der Waals surface area (Å²) in [6.07, 6.45) is 4.99. The molecule has 2 aliphatic rings. The molecule has 0 amide bonds. The topological polar surface area (TPSA) is 47.9 Å². The summed E-state index contributed by atoms with van der Waals surface area (Å²) in [4.78, 5) is 0. The predicted molar refractivity (Wildman–Crippen MR) is 78.7 cm³/mol. The van der Waals surface area contributed by atoms with Gasteiger partial charge < -0.3 is 19.3 Å². The van der Waals surface area contributed by atoms with E-state index in [0.717, 1.165) is 31.2 Å². The van der Waals surface area contributed by atoms with Gasteiger partial charge in [0.05, 0.1) is 19.8 Å². The maximum absolute atomic E-state index is 9.59. The number of benzene rings is 1. The molecule has 2 atom stereocenters. The van der Waals surface area contributed by atoms with E-state index in [2.05, 4.69) is 0 Å². The molecular formula is C17H24O4. The van der Waals surface area contributed by atoms with Crippen molar-refractivity contribution in [1.29, 1.82) is 0 Å². The molecule has 1 saturated carbocycles. The van der Waals surface area contributed by atoms with Crippen LogP contribution in [0.5, 0.6) is 0 Å². The lowest BCUT2D eigenvalue weighted by Crippen LogP contribution is -2.38. The van der Waals surface area contributed by atoms with E-state index in [1.807, 2.05) is 30.3 Å². The minimum atomic E-state index is -0.410. The maximum atomic E-state index is 9.59. The van der Waals surface area contributed by atoms with E-state index < -0.39 is 5.79 Å². The van der Waals surface area contributed by atoms with Crippen LogP contribution in [-0.2, 0) is 20.8 Å². The zero-order chi connectivity index (χ0) is 14.5. The van der Waals surface area contributed by atoms with Gasteiger partial charge in [0.15, 0.2) is 5.79 Å². The third kappa shape index (κ3) is 3.64. The second-order valence-electron chi connectivity index (χ2n) is 5.96. The van der Waals surface area contributed by atoms with E-state index in [1.54, 1.807) is 0 Å². The Balaban J connectivity index is 1.54. The predicted octanol–water partition coefficient (Wildman–Crippen LogP) is 2.64. The lowest BCUT2D eigenvalue weighted by atomic mass is 9.94. The average Bonchev–Trinajstić information content (AvgIpc) is 2.93. The number of rotatable bonds is 5. The van der Waals surface area contributed by atoms with E-state index in [0.29, 0.717) is 13.2 Å². The number of hydrogen-bond donors (Lipinski definition) is 1. The largest absolute Gasteiger partial charge is 0.394 e. The van der Waals surface area contributed by atoms with Crippen LogP contribution < -0.4 is 0 Å². The normalized spacial score (nSPS) is 26.0. The molecule has 116 valence electrons. The van der Waals surface area contributed by atoms with Gasteiger partial charge in [-0.1, -0.05) is 36.8 Å². The quantitative estimate of drug-likeness (QED) is 0.906. The Labute approximate surface area is 126 Å². The Morgan fingerprint density at radius 2 is 1.95 bits per heavy atom. The van der Waals surface area contributed by atoms with Crippen LogP contribution in [0.3, 0.4) is 0 Å². The average molecular weight is 292 g/mol. The second kappa shape index (κ2) is 6.88. The van der Waals surface area contributed by atoms with Gasteiger partial charge in [-0.2, -0.15) is 0 Å². The molecule has 1 heterocycles. The Morgan fingerprint density at radius 1 is 1.19 bits per heavy atom. The Kier molecular flexibility index (Phi) is 4.91. The monoisotopic (exact) mass is 292 g/mol. The highest BCUT2D eigenvalue weighted by molar-refractivity contribution is 5.13. The number of aliphatic hydroxyl groups is 1. The summed E-state index contributed by atoms with van der Waals surface area (Å²) in [5.74, 6) is -0.410. The first-order chi connectivity index (χ1) is 10.3. The van der Waals surface area contributed by atoms with Crippen molar-refractivity contribution in [3.63, 3.8) is 0 Å². The molecule has 1 aliphatic heterocycles. The first kappa shape index (κ1) is 15.0. The lowest BCUT2D eigenvalue weighted by Gasteiger charge is -2.32. The van der Waals surface area contributed by atoms with Gasteiger partial charge in [-0.05, 0) is 18.4 Å². The minimum absolute atomic E-state index is 0.0447. The molecule has 0 radical (unpaired) electrons. The summed E-state index contributed by atoms with van der Waals surface area (Å²) >= 11 is 0. The smallest absolute Gasteiger partial charge is 0.169 e. The number of ether oxygens (including phenoxy) is 3. The fraction of sp³-hybridized carbons (Fsp3) is 0.647. The highest BCUT2D eigenvalue weighted by Crippen LogP contribution is 2.38. The lowest BCUT2D eigenvalue weighted by molar-refractivity contribution is -0.201. The zero-order valence-electron chi connectivity index (χ0n) is 12.4. The molecular weight excluding hydrogens is 268 g/mol. The molecule has 3 rings (SSSR count). The molecule has 0 bridgehead atoms. The maximum Gasteiger partial charge on any atom is 0.169 e. The minimum Gasteiger partial charge on any atom is -0.394 e. The van der Waals surface area contributed by atoms with Crippen LogP contribution in [-0.4, -0.2) is 36.3 Å². The number of hydrogen-bond acceptors (Lipinski definition) is 4. The van der Waals surface area contributed by atoms with Crippen molar-refractivity contribution in [3.8, 4) is 0 Å². The van der Waals surface area contributed by atoms with Crippen LogP contribution in [0.2, 0.25) is 0 Å². The van der Waals surface area contributed by atoms with Gasteiger partial charge in [0, 0.05) is 12.8 Å². The van der Waals surface area contributed by atoms with Crippen LogP contribution >= 0.6 is 0 Å². The molecule has 4 heteroatoms. The third-order valence-corrected chi connectivity index (χ3v) is 4.39. The van der Waals surface area contributed by atoms with Crippen molar-refractivity contribution in [1.82, 2.24) is 0 Å². The van der Waals surface area contributed by atoms with Crippen molar-refractivity contribution in [3.05, 3.63) is 35.9 Å². The van der Waals surface area contributed by atoms with Crippen molar-refractivity contribution in [2.45, 2.75) is 56.7 Å². The molecule has 0 aromatic heterocycles. The van der Waals surface area contributed by atoms with Gasteiger partial charge >= 0.3 is 0 Å². The first-order valence-corrected chi connectivity index (χ1v) is 7.89. The molecule has 0 unspecified atom stereocenters. The standard InChI is InChI=1S/C17H24O4/c18-11-15(19-12-14-7-3-1-4-8-14)16-13-20-17(21-16)9-5-2-6-10-17/h1,3-4,7-8,15-16,18H,2,5-6,9-13H2/t15-,16+/m1/s1. The second-order valence-corrected chi connectivity index (χ2v) is 5.96. The van der Waals surface area contributed by atoms with Gasteiger partial charge in [0.2, 0.25) is 0 Å². The molecule has 1 aliphatic carbocycles.